The van der Waals surface area contributed by atoms with E-state index in [0.29, 0.717) is 5.56 Å². The highest BCUT2D eigenvalue weighted by atomic mass is 19.4. The number of carbonyl (C=O) groups excluding carboxylic acids is 3. The Labute approximate surface area is 163 Å². The molecule has 0 aromatic heterocycles. The standard InChI is InChI=1S/C19H17F3N2O5/c1-28-15-6-5-13-8-12(2-4-14(13)9-15)3-7-17(26)29-10-16(25)24-18(27)23-11-19(20,21)22/h2-9H,10-11H2,1H3,(H2,23,24,25,27)/b7-3+. The van der Waals surface area contributed by atoms with Crippen LogP contribution in [0.15, 0.2) is 42.5 Å². The molecule has 10 heteroatoms. The molecule has 0 atom stereocenters. The van der Waals surface area contributed by atoms with E-state index in [-0.39, 0.29) is 0 Å². The van der Waals surface area contributed by atoms with E-state index in [9.17, 15) is 27.6 Å². The Morgan fingerprint density at radius 2 is 1.76 bits per heavy atom. The smallest absolute Gasteiger partial charge is 0.405 e. The second-order valence-corrected chi connectivity index (χ2v) is 5.76. The number of urea groups is 1. The van der Waals surface area contributed by atoms with Gasteiger partial charge in [-0.2, -0.15) is 13.2 Å². The number of carbonyl (C=O) groups is 3. The zero-order chi connectivity index (χ0) is 21.4. The summed E-state index contributed by atoms with van der Waals surface area (Å²) < 4.78 is 45.6. The van der Waals surface area contributed by atoms with Gasteiger partial charge in [-0.25, -0.2) is 9.59 Å². The van der Waals surface area contributed by atoms with Crippen molar-refractivity contribution in [3.63, 3.8) is 0 Å². The van der Waals surface area contributed by atoms with Crippen LogP contribution in [0.4, 0.5) is 18.0 Å². The molecule has 2 rings (SSSR count). The number of rotatable bonds is 6. The first-order valence-corrected chi connectivity index (χ1v) is 8.23. The number of hydrogen-bond donors (Lipinski definition) is 2. The van der Waals surface area contributed by atoms with E-state index in [1.165, 1.54) is 11.4 Å². The van der Waals surface area contributed by atoms with Crippen LogP contribution in [-0.2, 0) is 14.3 Å². The Bertz CT molecular complexity index is 941. The number of fused-ring (bicyclic) bond motifs is 1. The third-order valence-electron chi connectivity index (χ3n) is 3.53. The molecular formula is C19H17F3N2O5. The van der Waals surface area contributed by atoms with Crippen molar-refractivity contribution in [3.05, 3.63) is 48.0 Å². The van der Waals surface area contributed by atoms with Gasteiger partial charge in [0.2, 0.25) is 0 Å². The van der Waals surface area contributed by atoms with Crippen molar-refractivity contribution in [3.8, 4) is 5.75 Å². The van der Waals surface area contributed by atoms with E-state index < -0.39 is 37.2 Å². The molecule has 154 valence electrons. The summed E-state index contributed by atoms with van der Waals surface area (Å²) in [6.45, 7) is -2.41. The third kappa shape index (κ3) is 7.53. The van der Waals surface area contributed by atoms with Crippen LogP contribution < -0.4 is 15.4 Å². The molecule has 0 bridgehead atoms. The predicted octanol–water partition coefficient (Wildman–Crippen LogP) is 2.79. The summed E-state index contributed by atoms with van der Waals surface area (Å²) in [5.74, 6) is -1.20. The molecule has 2 N–H and O–H groups in total. The number of halogens is 3. The molecule has 0 aliphatic rings. The van der Waals surface area contributed by atoms with Gasteiger partial charge in [-0.1, -0.05) is 18.2 Å². The van der Waals surface area contributed by atoms with E-state index in [0.717, 1.165) is 22.6 Å². The molecule has 0 heterocycles. The first-order chi connectivity index (χ1) is 13.7. The Kier molecular flexibility index (Phi) is 7.18. The van der Waals surface area contributed by atoms with Crippen LogP contribution in [-0.4, -0.2) is 44.3 Å². The highest BCUT2D eigenvalue weighted by Gasteiger charge is 2.28. The molecule has 0 saturated heterocycles. The largest absolute Gasteiger partial charge is 0.497 e. The molecule has 2 aromatic carbocycles. The van der Waals surface area contributed by atoms with E-state index in [1.807, 2.05) is 24.3 Å². The molecule has 0 saturated carbocycles. The van der Waals surface area contributed by atoms with Crippen LogP contribution in [0.25, 0.3) is 16.8 Å². The molecule has 29 heavy (non-hydrogen) atoms. The molecule has 2 aromatic rings. The van der Waals surface area contributed by atoms with E-state index >= 15 is 0 Å². The van der Waals surface area contributed by atoms with Crippen molar-refractivity contribution >= 4 is 34.8 Å². The minimum Gasteiger partial charge on any atom is -0.497 e. The van der Waals surface area contributed by atoms with Crippen LogP contribution in [0.3, 0.4) is 0 Å². The lowest BCUT2D eigenvalue weighted by Gasteiger charge is -2.08. The minimum absolute atomic E-state index is 0.704. The molecule has 0 aliphatic carbocycles. The van der Waals surface area contributed by atoms with Gasteiger partial charge in [0.1, 0.15) is 12.3 Å². The summed E-state index contributed by atoms with van der Waals surface area (Å²) >= 11 is 0. The summed E-state index contributed by atoms with van der Waals surface area (Å²) in [6.07, 6.45) is -2.05. The molecule has 7 nitrogen and oxygen atoms in total. The Morgan fingerprint density at radius 3 is 2.45 bits per heavy atom. The lowest BCUT2D eigenvalue weighted by Crippen LogP contribution is -2.44. The summed E-state index contributed by atoms with van der Waals surface area (Å²) in [7, 11) is 1.57. The number of esters is 1. The summed E-state index contributed by atoms with van der Waals surface area (Å²) in [5.41, 5.74) is 0.704. The molecule has 0 fully saturated rings. The highest BCUT2D eigenvalue weighted by Crippen LogP contribution is 2.22. The van der Waals surface area contributed by atoms with Gasteiger partial charge < -0.3 is 14.8 Å². The van der Waals surface area contributed by atoms with Gasteiger partial charge in [-0.3, -0.25) is 10.1 Å². The van der Waals surface area contributed by atoms with Crippen molar-refractivity contribution in [1.82, 2.24) is 10.6 Å². The van der Waals surface area contributed by atoms with Crippen molar-refractivity contribution in [2.75, 3.05) is 20.3 Å². The van der Waals surface area contributed by atoms with Gasteiger partial charge in [-0.15, -0.1) is 0 Å². The number of imide groups is 1. The zero-order valence-corrected chi connectivity index (χ0v) is 15.2. The maximum absolute atomic E-state index is 11.9. The summed E-state index contributed by atoms with van der Waals surface area (Å²) in [5, 5.41) is 4.93. The SMILES string of the molecule is COc1ccc2cc(/C=C/C(=O)OCC(=O)NC(=O)NCC(F)(F)F)ccc2c1. The van der Waals surface area contributed by atoms with Crippen molar-refractivity contribution < 1.29 is 37.0 Å². The summed E-state index contributed by atoms with van der Waals surface area (Å²) in [4.78, 5) is 34.1. The molecule has 0 radical (unpaired) electrons. The number of methoxy groups -OCH3 is 1. The van der Waals surface area contributed by atoms with Gasteiger partial charge in [0.15, 0.2) is 6.61 Å². The molecule has 3 amide bonds. The second-order valence-electron chi connectivity index (χ2n) is 5.76. The van der Waals surface area contributed by atoms with Crippen molar-refractivity contribution in [2.24, 2.45) is 0 Å². The van der Waals surface area contributed by atoms with Gasteiger partial charge in [-0.05, 0) is 40.6 Å². The van der Waals surface area contributed by atoms with Gasteiger partial charge in [0, 0.05) is 6.08 Å². The van der Waals surface area contributed by atoms with Crippen molar-refractivity contribution in [2.45, 2.75) is 6.18 Å². The Morgan fingerprint density at radius 1 is 1.07 bits per heavy atom. The normalized spacial score (nSPS) is 11.3. The fraction of sp³-hybridized carbons (Fsp3) is 0.211. The van der Waals surface area contributed by atoms with Gasteiger partial charge in [0.25, 0.3) is 5.91 Å². The molecule has 0 unspecified atom stereocenters. The number of amides is 3. The van der Waals surface area contributed by atoms with Crippen LogP contribution in [0, 0.1) is 0 Å². The molecule has 0 spiro atoms. The topological polar surface area (TPSA) is 93.7 Å². The Balaban J connectivity index is 1.82. The van der Waals surface area contributed by atoms with Crippen molar-refractivity contribution in [1.29, 1.82) is 0 Å². The maximum atomic E-state index is 11.9. The van der Waals surface area contributed by atoms with Crippen LogP contribution in [0.5, 0.6) is 5.75 Å². The lowest BCUT2D eigenvalue weighted by atomic mass is 10.1. The number of hydrogen-bond acceptors (Lipinski definition) is 5. The maximum Gasteiger partial charge on any atom is 0.405 e. The highest BCUT2D eigenvalue weighted by molar-refractivity contribution is 5.96. The summed E-state index contributed by atoms with van der Waals surface area (Å²) in [6, 6.07) is 9.62. The molecular weight excluding hydrogens is 393 g/mol. The van der Waals surface area contributed by atoms with Crippen LogP contribution in [0.1, 0.15) is 5.56 Å². The first-order valence-electron chi connectivity index (χ1n) is 8.23. The fourth-order valence-corrected chi connectivity index (χ4v) is 2.21. The fourth-order valence-electron chi connectivity index (χ4n) is 2.21. The number of nitrogens with one attached hydrogen (secondary N) is 2. The Hall–Kier alpha value is -3.56. The number of alkyl halides is 3. The predicted molar refractivity (Wildman–Crippen MR) is 98.1 cm³/mol. The lowest BCUT2D eigenvalue weighted by molar-refractivity contribution is -0.143. The van der Waals surface area contributed by atoms with Gasteiger partial charge in [0.05, 0.1) is 7.11 Å². The zero-order valence-electron chi connectivity index (χ0n) is 15.2. The monoisotopic (exact) mass is 410 g/mol. The average Bonchev–Trinajstić information content (AvgIpc) is 2.68. The second kappa shape index (κ2) is 9.58. The van der Waals surface area contributed by atoms with E-state index in [2.05, 4.69) is 4.74 Å². The van der Waals surface area contributed by atoms with E-state index in [1.54, 1.807) is 24.6 Å². The average molecular weight is 410 g/mol. The first kappa shape index (κ1) is 21.7. The third-order valence-corrected chi connectivity index (χ3v) is 3.53. The van der Waals surface area contributed by atoms with Crippen LogP contribution in [0.2, 0.25) is 0 Å². The minimum atomic E-state index is -4.60. The van der Waals surface area contributed by atoms with Crippen LogP contribution >= 0.6 is 0 Å². The van der Waals surface area contributed by atoms with E-state index in [4.69, 9.17) is 4.74 Å². The number of ether oxygens (including phenoxy) is 2. The quantitative estimate of drug-likeness (QED) is 0.564. The number of benzene rings is 2. The molecule has 0 aliphatic heterocycles. The van der Waals surface area contributed by atoms with Gasteiger partial charge >= 0.3 is 18.2 Å².